The Bertz CT molecular complexity index is 1380. The van der Waals surface area contributed by atoms with E-state index in [-0.39, 0.29) is 5.91 Å². The summed E-state index contributed by atoms with van der Waals surface area (Å²) in [7, 11) is 2.05. The van der Waals surface area contributed by atoms with Crippen molar-refractivity contribution in [2.75, 3.05) is 6.54 Å². The van der Waals surface area contributed by atoms with Crippen LogP contribution in [0.5, 0.6) is 0 Å². The number of hydrogen-bond donors (Lipinski definition) is 1. The normalized spacial score (nSPS) is 14.9. The van der Waals surface area contributed by atoms with Crippen molar-refractivity contribution in [1.82, 2.24) is 34.7 Å². The molecule has 8 nitrogen and oxygen atoms in total. The van der Waals surface area contributed by atoms with Crippen molar-refractivity contribution in [3.8, 4) is 0 Å². The standard InChI is InChI=1S/C30H35N7O/c1-21-28(22(2)35-20-34-21)30(38)33-18-23-9-11-24(12-10-23)19-37(16-13-27-31-15-17-36(27)3)26-8-4-6-25-7-5-14-32-29(25)26/h5,7,9-12,14-15,17,20,26H,4,6,8,13,16,18-19H2,1-3H3,(H,33,38). The van der Waals surface area contributed by atoms with Gasteiger partial charge in [0, 0.05) is 51.7 Å². The van der Waals surface area contributed by atoms with Gasteiger partial charge >= 0.3 is 0 Å². The van der Waals surface area contributed by atoms with Crippen LogP contribution in [0.15, 0.2) is 61.3 Å². The van der Waals surface area contributed by atoms with E-state index in [1.54, 1.807) is 0 Å². The molecule has 0 spiro atoms. The second-order valence-corrected chi connectivity index (χ2v) is 10.0. The number of amides is 1. The number of nitrogens with one attached hydrogen (secondary N) is 1. The molecule has 38 heavy (non-hydrogen) atoms. The van der Waals surface area contributed by atoms with E-state index in [4.69, 9.17) is 4.98 Å². The van der Waals surface area contributed by atoms with E-state index in [1.165, 1.54) is 29.6 Å². The minimum Gasteiger partial charge on any atom is -0.348 e. The Morgan fingerprint density at radius 1 is 1.03 bits per heavy atom. The first-order valence-electron chi connectivity index (χ1n) is 13.3. The zero-order valence-electron chi connectivity index (χ0n) is 22.4. The maximum absolute atomic E-state index is 12.7. The van der Waals surface area contributed by atoms with Crippen LogP contribution in [0.25, 0.3) is 0 Å². The molecule has 3 aromatic heterocycles. The highest BCUT2D eigenvalue weighted by Crippen LogP contribution is 2.33. The summed E-state index contributed by atoms with van der Waals surface area (Å²) in [4.78, 5) is 32.9. The summed E-state index contributed by atoms with van der Waals surface area (Å²) in [5.74, 6) is 0.945. The van der Waals surface area contributed by atoms with Crippen molar-refractivity contribution in [2.24, 2.45) is 7.05 Å². The van der Waals surface area contributed by atoms with Gasteiger partial charge in [0.25, 0.3) is 5.91 Å². The number of nitrogens with zero attached hydrogens (tertiary/aromatic N) is 6. The molecule has 1 aliphatic rings. The molecule has 1 aromatic carbocycles. The van der Waals surface area contributed by atoms with Gasteiger partial charge in [-0.3, -0.25) is 14.7 Å². The monoisotopic (exact) mass is 509 g/mol. The first-order chi connectivity index (χ1) is 18.5. The quantitative estimate of drug-likeness (QED) is 0.362. The lowest BCUT2D eigenvalue weighted by atomic mass is 9.90. The van der Waals surface area contributed by atoms with Crippen molar-refractivity contribution in [3.63, 3.8) is 0 Å². The molecule has 1 N–H and O–H groups in total. The Kier molecular flexibility index (Phi) is 7.89. The number of rotatable bonds is 9. The van der Waals surface area contributed by atoms with Crippen molar-refractivity contribution >= 4 is 5.91 Å². The molecule has 0 aliphatic heterocycles. The molecule has 0 saturated carbocycles. The van der Waals surface area contributed by atoms with Gasteiger partial charge in [0.1, 0.15) is 12.2 Å². The summed E-state index contributed by atoms with van der Waals surface area (Å²) in [6, 6.07) is 13.1. The summed E-state index contributed by atoms with van der Waals surface area (Å²) in [6.45, 7) is 5.85. The second kappa shape index (κ2) is 11.6. The third-order valence-electron chi connectivity index (χ3n) is 7.46. The lowest BCUT2D eigenvalue weighted by Gasteiger charge is -2.35. The minimum absolute atomic E-state index is 0.145. The number of imidazole rings is 1. The maximum Gasteiger partial charge on any atom is 0.255 e. The Labute approximate surface area is 224 Å². The van der Waals surface area contributed by atoms with E-state index in [0.29, 0.717) is 29.5 Å². The van der Waals surface area contributed by atoms with E-state index >= 15 is 0 Å². The predicted molar refractivity (Wildman–Crippen MR) is 146 cm³/mol. The number of carbonyl (C=O) groups is 1. The van der Waals surface area contributed by atoms with Crippen LogP contribution in [0.3, 0.4) is 0 Å². The molecule has 5 rings (SSSR count). The van der Waals surface area contributed by atoms with Crippen LogP contribution in [0.1, 0.15) is 68.8 Å². The number of aromatic nitrogens is 5. The van der Waals surface area contributed by atoms with Gasteiger partial charge in [-0.15, -0.1) is 0 Å². The van der Waals surface area contributed by atoms with Crippen LogP contribution >= 0.6 is 0 Å². The highest BCUT2D eigenvalue weighted by molar-refractivity contribution is 5.96. The number of fused-ring (bicyclic) bond motifs is 1. The van der Waals surface area contributed by atoms with Crippen molar-refractivity contribution in [1.29, 1.82) is 0 Å². The van der Waals surface area contributed by atoms with E-state index in [2.05, 4.69) is 67.1 Å². The van der Waals surface area contributed by atoms with Gasteiger partial charge < -0.3 is 9.88 Å². The molecular formula is C30H35N7O. The third kappa shape index (κ3) is 5.81. The SMILES string of the molecule is Cc1ncnc(C)c1C(=O)NCc1ccc(CN(CCc2nccn2C)C2CCCc3cccnc32)cc1. The summed E-state index contributed by atoms with van der Waals surface area (Å²) in [5.41, 5.74) is 6.81. The Morgan fingerprint density at radius 3 is 2.53 bits per heavy atom. The average molecular weight is 510 g/mol. The molecule has 1 amide bonds. The summed E-state index contributed by atoms with van der Waals surface area (Å²) in [6.07, 6.45) is 11.5. The second-order valence-electron chi connectivity index (χ2n) is 10.0. The van der Waals surface area contributed by atoms with Crippen molar-refractivity contribution < 1.29 is 4.79 Å². The van der Waals surface area contributed by atoms with E-state index < -0.39 is 0 Å². The van der Waals surface area contributed by atoms with Gasteiger partial charge in [0.2, 0.25) is 0 Å². The molecule has 0 bridgehead atoms. The summed E-state index contributed by atoms with van der Waals surface area (Å²) >= 11 is 0. The van der Waals surface area contributed by atoms with Crippen LogP contribution in [0.2, 0.25) is 0 Å². The van der Waals surface area contributed by atoms with Gasteiger partial charge in [-0.2, -0.15) is 0 Å². The van der Waals surface area contributed by atoms with Crippen molar-refractivity contribution in [2.45, 2.75) is 58.7 Å². The smallest absolute Gasteiger partial charge is 0.255 e. The zero-order chi connectivity index (χ0) is 26.5. The van der Waals surface area contributed by atoms with Gasteiger partial charge in [-0.05, 0) is 55.9 Å². The molecule has 1 atom stereocenters. The van der Waals surface area contributed by atoms with Gasteiger partial charge in [-0.25, -0.2) is 15.0 Å². The van der Waals surface area contributed by atoms with Crippen molar-refractivity contribution in [3.05, 3.63) is 106 Å². The van der Waals surface area contributed by atoms with E-state index in [1.807, 2.05) is 38.5 Å². The topological polar surface area (TPSA) is 88.8 Å². The predicted octanol–water partition coefficient (Wildman–Crippen LogP) is 4.27. The number of hydrogen-bond acceptors (Lipinski definition) is 6. The molecule has 0 saturated heterocycles. The molecule has 1 aliphatic carbocycles. The van der Waals surface area contributed by atoms with E-state index in [0.717, 1.165) is 43.7 Å². The molecule has 4 aromatic rings. The first kappa shape index (κ1) is 25.7. The molecule has 196 valence electrons. The first-order valence-corrected chi connectivity index (χ1v) is 13.3. The highest BCUT2D eigenvalue weighted by atomic mass is 16.1. The van der Waals surface area contributed by atoms with Crippen LogP contribution in [0, 0.1) is 13.8 Å². The van der Waals surface area contributed by atoms with Crippen LogP contribution < -0.4 is 5.32 Å². The fourth-order valence-electron chi connectivity index (χ4n) is 5.36. The Morgan fingerprint density at radius 2 is 1.79 bits per heavy atom. The lowest BCUT2D eigenvalue weighted by Crippen LogP contribution is -2.33. The number of aryl methyl sites for hydroxylation is 4. The van der Waals surface area contributed by atoms with E-state index in [9.17, 15) is 4.79 Å². The lowest BCUT2D eigenvalue weighted by molar-refractivity contribution is 0.0948. The fraction of sp³-hybridized carbons (Fsp3) is 0.367. The third-order valence-corrected chi connectivity index (χ3v) is 7.46. The Hall–Kier alpha value is -3.91. The molecule has 0 fully saturated rings. The molecule has 1 unspecified atom stereocenters. The molecular weight excluding hydrogens is 474 g/mol. The average Bonchev–Trinajstić information content (AvgIpc) is 3.34. The highest BCUT2D eigenvalue weighted by Gasteiger charge is 2.27. The maximum atomic E-state index is 12.7. The number of benzene rings is 1. The zero-order valence-corrected chi connectivity index (χ0v) is 22.4. The van der Waals surface area contributed by atoms with Crippen LogP contribution in [-0.4, -0.2) is 41.9 Å². The molecule has 0 radical (unpaired) electrons. The number of pyridine rings is 1. The van der Waals surface area contributed by atoms with Gasteiger partial charge in [0.05, 0.1) is 28.7 Å². The van der Waals surface area contributed by atoms with Crippen LogP contribution in [-0.2, 0) is 33.0 Å². The molecule has 3 heterocycles. The van der Waals surface area contributed by atoms with Crippen LogP contribution in [0.4, 0.5) is 0 Å². The van der Waals surface area contributed by atoms with Gasteiger partial charge in [-0.1, -0.05) is 30.3 Å². The largest absolute Gasteiger partial charge is 0.348 e. The minimum atomic E-state index is -0.145. The summed E-state index contributed by atoms with van der Waals surface area (Å²) in [5, 5.41) is 3.01. The fourth-order valence-corrected chi connectivity index (χ4v) is 5.36. The number of carbonyl (C=O) groups excluding carboxylic acids is 1. The Balaban J connectivity index is 1.28. The summed E-state index contributed by atoms with van der Waals surface area (Å²) < 4.78 is 2.10. The molecule has 8 heteroatoms. The van der Waals surface area contributed by atoms with Gasteiger partial charge in [0.15, 0.2) is 0 Å².